The number of hydrogen-bond acceptors (Lipinski definition) is 3. The van der Waals surface area contributed by atoms with Gasteiger partial charge in [0.05, 0.1) is 12.2 Å². The molecule has 3 aliphatic rings. The highest BCUT2D eigenvalue weighted by Crippen LogP contribution is 2.42. The fraction of sp³-hybridized carbons (Fsp3) is 0.941. The maximum absolute atomic E-state index is 12.9. The number of carbonyl (C=O) groups is 1. The molecule has 4 unspecified atom stereocenters. The summed E-state index contributed by atoms with van der Waals surface area (Å²) < 4.78 is 5.88. The standard InChI is InChI=1S/C17H30N2O2/c1-3-15-10-19(9-11(2)21-15)17(20)14-7-12-5-4-6-13(8-14)16(12)18/h11-16H,3-10,18H2,1-2H3. The van der Waals surface area contributed by atoms with Gasteiger partial charge in [0.2, 0.25) is 5.91 Å². The molecule has 4 atom stereocenters. The summed E-state index contributed by atoms with van der Waals surface area (Å²) >= 11 is 0. The third-order valence-corrected chi connectivity index (χ3v) is 5.86. The van der Waals surface area contributed by atoms with E-state index in [9.17, 15) is 4.79 Å². The molecule has 1 aliphatic heterocycles. The first kappa shape index (κ1) is 15.3. The molecule has 0 aromatic rings. The molecule has 4 nitrogen and oxygen atoms in total. The van der Waals surface area contributed by atoms with Crippen molar-refractivity contribution in [2.24, 2.45) is 23.5 Å². The van der Waals surface area contributed by atoms with Crippen molar-refractivity contribution < 1.29 is 9.53 Å². The van der Waals surface area contributed by atoms with E-state index in [2.05, 4.69) is 18.7 Å². The molecule has 3 fully saturated rings. The van der Waals surface area contributed by atoms with Crippen LogP contribution in [0.2, 0.25) is 0 Å². The minimum absolute atomic E-state index is 0.165. The molecule has 1 saturated heterocycles. The number of carbonyl (C=O) groups excluding carboxylic acids is 1. The van der Waals surface area contributed by atoms with Crippen LogP contribution in [-0.4, -0.2) is 42.1 Å². The van der Waals surface area contributed by atoms with E-state index in [-0.39, 0.29) is 18.1 Å². The first-order valence-corrected chi connectivity index (χ1v) is 8.78. The van der Waals surface area contributed by atoms with E-state index < -0.39 is 0 Å². The number of nitrogens with zero attached hydrogens (tertiary/aromatic N) is 1. The number of nitrogens with two attached hydrogens (primary N) is 1. The molecule has 0 radical (unpaired) electrons. The lowest BCUT2D eigenvalue weighted by Gasteiger charge is -2.45. The Morgan fingerprint density at radius 2 is 1.90 bits per heavy atom. The summed E-state index contributed by atoms with van der Waals surface area (Å²) in [6, 6.07) is 0.342. The van der Waals surface area contributed by atoms with Crippen molar-refractivity contribution in [2.45, 2.75) is 70.6 Å². The average molecular weight is 294 g/mol. The largest absolute Gasteiger partial charge is 0.372 e. The Bertz CT molecular complexity index is 373. The van der Waals surface area contributed by atoms with Crippen LogP contribution in [0.1, 0.15) is 52.4 Å². The summed E-state index contributed by atoms with van der Waals surface area (Å²) in [5, 5.41) is 0. The molecule has 21 heavy (non-hydrogen) atoms. The molecule has 0 aromatic carbocycles. The zero-order valence-electron chi connectivity index (χ0n) is 13.5. The second-order valence-corrected chi connectivity index (χ2v) is 7.42. The first-order chi connectivity index (χ1) is 10.1. The smallest absolute Gasteiger partial charge is 0.225 e. The normalized spacial score (nSPS) is 43.7. The number of amides is 1. The molecule has 1 amide bonds. The Morgan fingerprint density at radius 1 is 1.24 bits per heavy atom. The van der Waals surface area contributed by atoms with Gasteiger partial charge in [0, 0.05) is 25.0 Å². The predicted octanol–water partition coefficient (Wildman–Crippen LogP) is 2.17. The van der Waals surface area contributed by atoms with Crippen molar-refractivity contribution in [2.75, 3.05) is 13.1 Å². The topological polar surface area (TPSA) is 55.6 Å². The SMILES string of the molecule is CCC1CN(C(=O)C2CC3CCCC(C2)C3N)CC(C)O1. The van der Waals surface area contributed by atoms with Crippen molar-refractivity contribution in [3.8, 4) is 0 Å². The molecular formula is C17H30N2O2. The van der Waals surface area contributed by atoms with Gasteiger partial charge >= 0.3 is 0 Å². The Labute approximate surface area is 128 Å². The van der Waals surface area contributed by atoms with Gasteiger partial charge in [-0.05, 0) is 50.9 Å². The molecule has 0 spiro atoms. The molecule has 2 aliphatic carbocycles. The second-order valence-electron chi connectivity index (χ2n) is 7.42. The van der Waals surface area contributed by atoms with Crippen LogP contribution in [0.25, 0.3) is 0 Å². The van der Waals surface area contributed by atoms with Gasteiger partial charge in [-0.3, -0.25) is 4.79 Å². The van der Waals surface area contributed by atoms with Gasteiger partial charge < -0.3 is 15.4 Å². The van der Waals surface area contributed by atoms with Crippen molar-refractivity contribution in [1.29, 1.82) is 0 Å². The Balaban J connectivity index is 1.65. The summed E-state index contributed by atoms with van der Waals surface area (Å²) in [6.07, 6.45) is 7.13. The zero-order valence-corrected chi connectivity index (χ0v) is 13.5. The number of morpholine rings is 1. The Kier molecular flexibility index (Phi) is 4.55. The lowest BCUT2D eigenvalue weighted by molar-refractivity contribution is -0.151. The van der Waals surface area contributed by atoms with Gasteiger partial charge in [-0.1, -0.05) is 13.3 Å². The van der Waals surface area contributed by atoms with E-state index in [0.717, 1.165) is 32.4 Å². The minimum Gasteiger partial charge on any atom is -0.372 e. The van der Waals surface area contributed by atoms with E-state index in [0.29, 0.717) is 23.8 Å². The van der Waals surface area contributed by atoms with E-state index in [1.54, 1.807) is 0 Å². The van der Waals surface area contributed by atoms with Gasteiger partial charge in [-0.15, -0.1) is 0 Å². The fourth-order valence-electron chi connectivity index (χ4n) is 4.70. The second kappa shape index (κ2) is 6.25. The number of hydrogen-bond donors (Lipinski definition) is 1. The predicted molar refractivity (Wildman–Crippen MR) is 82.7 cm³/mol. The number of rotatable bonds is 2. The summed E-state index contributed by atoms with van der Waals surface area (Å²) in [5.41, 5.74) is 6.35. The Hall–Kier alpha value is -0.610. The van der Waals surface area contributed by atoms with Crippen LogP contribution < -0.4 is 5.73 Å². The third kappa shape index (κ3) is 3.11. The van der Waals surface area contributed by atoms with Crippen molar-refractivity contribution >= 4 is 5.91 Å². The van der Waals surface area contributed by atoms with Crippen molar-refractivity contribution in [3.63, 3.8) is 0 Å². The van der Waals surface area contributed by atoms with Crippen LogP contribution >= 0.6 is 0 Å². The van der Waals surface area contributed by atoms with E-state index in [1.165, 1.54) is 19.3 Å². The molecule has 2 N–H and O–H groups in total. The molecule has 0 aromatic heterocycles. The van der Waals surface area contributed by atoms with E-state index >= 15 is 0 Å². The van der Waals surface area contributed by atoms with Crippen molar-refractivity contribution in [3.05, 3.63) is 0 Å². The minimum atomic E-state index is 0.165. The lowest BCUT2D eigenvalue weighted by Crippen LogP contribution is -2.54. The summed E-state index contributed by atoms with van der Waals surface area (Å²) in [5.74, 6) is 1.73. The van der Waals surface area contributed by atoms with Crippen LogP contribution in [0.15, 0.2) is 0 Å². The van der Waals surface area contributed by atoms with E-state index in [4.69, 9.17) is 10.5 Å². The molecule has 2 saturated carbocycles. The highest BCUT2D eigenvalue weighted by atomic mass is 16.5. The molecular weight excluding hydrogens is 264 g/mol. The van der Waals surface area contributed by atoms with Crippen LogP contribution in [0.5, 0.6) is 0 Å². The Morgan fingerprint density at radius 3 is 2.52 bits per heavy atom. The van der Waals surface area contributed by atoms with Gasteiger partial charge in [0.25, 0.3) is 0 Å². The van der Waals surface area contributed by atoms with E-state index in [1.807, 2.05) is 0 Å². The summed E-state index contributed by atoms with van der Waals surface area (Å²) in [7, 11) is 0. The summed E-state index contributed by atoms with van der Waals surface area (Å²) in [4.78, 5) is 15.0. The zero-order chi connectivity index (χ0) is 15.0. The first-order valence-electron chi connectivity index (χ1n) is 8.78. The quantitative estimate of drug-likeness (QED) is 0.849. The molecule has 2 bridgehead atoms. The molecule has 1 heterocycles. The summed E-state index contributed by atoms with van der Waals surface area (Å²) in [6.45, 7) is 5.74. The third-order valence-electron chi connectivity index (χ3n) is 5.86. The van der Waals surface area contributed by atoms with Gasteiger partial charge in [0.1, 0.15) is 0 Å². The lowest BCUT2D eigenvalue weighted by atomic mass is 9.65. The van der Waals surface area contributed by atoms with Gasteiger partial charge in [-0.25, -0.2) is 0 Å². The maximum atomic E-state index is 12.9. The average Bonchev–Trinajstić information content (AvgIpc) is 2.45. The molecule has 4 heteroatoms. The van der Waals surface area contributed by atoms with Crippen LogP contribution in [0.4, 0.5) is 0 Å². The van der Waals surface area contributed by atoms with Gasteiger partial charge in [0.15, 0.2) is 0 Å². The van der Waals surface area contributed by atoms with Crippen LogP contribution in [-0.2, 0) is 9.53 Å². The fourth-order valence-corrected chi connectivity index (χ4v) is 4.70. The van der Waals surface area contributed by atoms with Crippen LogP contribution in [0.3, 0.4) is 0 Å². The molecule has 3 rings (SSSR count). The monoisotopic (exact) mass is 294 g/mol. The maximum Gasteiger partial charge on any atom is 0.225 e. The van der Waals surface area contributed by atoms with Crippen LogP contribution in [0, 0.1) is 17.8 Å². The highest BCUT2D eigenvalue weighted by molar-refractivity contribution is 5.79. The van der Waals surface area contributed by atoms with Gasteiger partial charge in [-0.2, -0.15) is 0 Å². The number of fused-ring (bicyclic) bond motifs is 2. The highest BCUT2D eigenvalue weighted by Gasteiger charge is 2.42. The molecule has 120 valence electrons. The van der Waals surface area contributed by atoms with Crippen molar-refractivity contribution in [1.82, 2.24) is 4.90 Å². The number of ether oxygens (including phenoxy) is 1.